The van der Waals surface area contributed by atoms with Gasteiger partial charge in [0.2, 0.25) is 0 Å². The van der Waals surface area contributed by atoms with Crippen molar-refractivity contribution in [3.8, 4) is 0 Å². The minimum Gasteiger partial charge on any atom is -0.322 e. The molecule has 0 amide bonds. The number of nitrogens with zero attached hydrogens (tertiary/aromatic N) is 3. The highest BCUT2D eigenvalue weighted by molar-refractivity contribution is 8.11. The topological polar surface area (TPSA) is 9.72 Å². The Kier molecular flexibility index (Phi) is 5.40. The number of thiocarbonyl (C=S) groups is 3. The van der Waals surface area contributed by atoms with Crippen LogP contribution in [0.25, 0.3) is 0 Å². The van der Waals surface area contributed by atoms with Gasteiger partial charge in [0.1, 0.15) is 13.0 Å². The van der Waals surface area contributed by atoms with Crippen LogP contribution < -0.4 is 0 Å². The zero-order valence-electron chi connectivity index (χ0n) is 7.53. The summed E-state index contributed by atoms with van der Waals surface area (Å²) < 4.78 is 1.50. The number of hydrogen-bond acceptors (Lipinski definition) is 3. The zero-order valence-corrected chi connectivity index (χ0v) is 12.7. The van der Waals surface area contributed by atoms with Crippen molar-refractivity contribution in [2.45, 2.75) is 0 Å². The van der Waals surface area contributed by atoms with Crippen molar-refractivity contribution in [1.29, 1.82) is 0 Å². The summed E-state index contributed by atoms with van der Waals surface area (Å²) in [5.41, 5.74) is 0. The van der Waals surface area contributed by atoms with Crippen LogP contribution in [0.15, 0.2) is 0 Å². The summed E-state index contributed by atoms with van der Waals surface area (Å²) in [5, 5.41) is 0. The predicted molar refractivity (Wildman–Crippen MR) is 84.9 cm³/mol. The van der Waals surface area contributed by atoms with E-state index in [-0.39, 0.29) is 0 Å². The third-order valence-electron chi connectivity index (χ3n) is 1.84. The van der Waals surface area contributed by atoms with Gasteiger partial charge in [-0.05, 0) is 0 Å². The van der Waals surface area contributed by atoms with E-state index in [1.165, 1.54) is 0 Å². The molecular weight excluding hydrogens is 306 g/mol. The molecule has 0 spiro atoms. The van der Waals surface area contributed by atoms with Gasteiger partial charge in [-0.1, -0.05) is 36.7 Å². The third kappa shape index (κ3) is 3.90. The van der Waals surface area contributed by atoms with Crippen LogP contribution in [-0.4, -0.2) is 47.7 Å². The highest BCUT2D eigenvalue weighted by Gasteiger charge is 2.24. The van der Waals surface area contributed by atoms with Crippen LogP contribution in [0.2, 0.25) is 0 Å². The molecule has 0 aliphatic carbocycles. The fraction of sp³-hybridized carbons (Fsp3) is 0.500. The highest BCUT2D eigenvalue weighted by Crippen LogP contribution is 2.13. The number of thiol groups is 3. The first-order chi connectivity index (χ1) is 6.91. The molecule has 9 heteroatoms. The first-order valence-corrected chi connectivity index (χ1v) is 6.42. The summed E-state index contributed by atoms with van der Waals surface area (Å²) in [5.74, 6) is 0. The molecule has 0 bridgehead atoms. The molecule has 0 aromatic rings. The summed E-state index contributed by atoms with van der Waals surface area (Å²) in [6, 6.07) is 0. The third-order valence-corrected chi connectivity index (χ3v) is 3.46. The Morgan fingerprint density at radius 1 is 0.667 bits per heavy atom. The first kappa shape index (κ1) is 13.8. The lowest BCUT2D eigenvalue weighted by molar-refractivity contribution is 0.113. The highest BCUT2D eigenvalue weighted by atomic mass is 32.1. The van der Waals surface area contributed by atoms with E-state index in [9.17, 15) is 0 Å². The predicted octanol–water partition coefficient (Wildman–Crippen LogP) is 1.42. The van der Waals surface area contributed by atoms with Gasteiger partial charge in [-0.15, -0.1) is 37.9 Å². The van der Waals surface area contributed by atoms with Crippen LogP contribution >= 0.6 is 74.5 Å². The molecule has 0 aromatic heterocycles. The second-order valence-corrected chi connectivity index (χ2v) is 6.23. The molecular formula is C6H9N3S6. The summed E-state index contributed by atoms with van der Waals surface area (Å²) in [6.07, 6.45) is 0. The molecule has 84 valence electrons. The SMILES string of the molecule is S=C(S)N1CN(C(=S)S)CN(C(=S)S)C1. The van der Waals surface area contributed by atoms with E-state index in [2.05, 4.69) is 37.9 Å². The maximum Gasteiger partial charge on any atom is 0.136 e. The quantitative estimate of drug-likeness (QED) is 0.458. The van der Waals surface area contributed by atoms with E-state index in [0.29, 0.717) is 33.0 Å². The normalized spacial score (nSPS) is 16.6. The number of rotatable bonds is 0. The number of hydrogen-bond donors (Lipinski definition) is 3. The van der Waals surface area contributed by atoms with E-state index in [0.717, 1.165) is 0 Å². The molecule has 0 atom stereocenters. The zero-order chi connectivity index (χ0) is 11.6. The first-order valence-electron chi connectivity index (χ1n) is 3.85. The van der Waals surface area contributed by atoms with Gasteiger partial charge in [0.25, 0.3) is 0 Å². The lowest BCUT2D eigenvalue weighted by atomic mass is 10.6. The molecule has 1 saturated heterocycles. The minimum absolute atomic E-state index is 0.499. The van der Waals surface area contributed by atoms with Crippen LogP contribution in [0.3, 0.4) is 0 Å². The average Bonchev–Trinajstić information content (AvgIpc) is 2.16. The van der Waals surface area contributed by atoms with Crippen molar-refractivity contribution in [1.82, 2.24) is 14.7 Å². The van der Waals surface area contributed by atoms with Crippen molar-refractivity contribution in [3.05, 3.63) is 0 Å². The van der Waals surface area contributed by atoms with Crippen LogP contribution in [0.5, 0.6) is 0 Å². The Balaban J connectivity index is 2.77. The largest absolute Gasteiger partial charge is 0.322 e. The lowest BCUT2D eigenvalue weighted by Crippen LogP contribution is -2.56. The Bertz CT molecular complexity index is 252. The van der Waals surface area contributed by atoms with Gasteiger partial charge in [0.05, 0.1) is 20.0 Å². The molecule has 0 N–H and O–H groups in total. The van der Waals surface area contributed by atoms with Gasteiger partial charge in [-0.25, -0.2) is 0 Å². The second kappa shape index (κ2) is 5.87. The van der Waals surface area contributed by atoms with Crippen molar-refractivity contribution in [2.75, 3.05) is 20.0 Å². The molecule has 0 saturated carbocycles. The van der Waals surface area contributed by atoms with E-state index in [1.54, 1.807) is 0 Å². The molecule has 1 fully saturated rings. The molecule has 1 aliphatic heterocycles. The standard InChI is InChI=1S/C6H9N3S6/c10-4(11)7-1-8(5(12)13)3-9(2-7)6(14)15/h1-3H2,(H,10,11)(H,12,13)(H,14,15). The monoisotopic (exact) mass is 315 g/mol. The lowest BCUT2D eigenvalue weighted by Gasteiger charge is -2.43. The Morgan fingerprint density at radius 2 is 0.867 bits per heavy atom. The van der Waals surface area contributed by atoms with Gasteiger partial charge in [0.15, 0.2) is 0 Å². The Morgan fingerprint density at radius 3 is 1.00 bits per heavy atom. The molecule has 1 heterocycles. The van der Waals surface area contributed by atoms with E-state index >= 15 is 0 Å². The summed E-state index contributed by atoms with van der Waals surface area (Å²) in [6.45, 7) is 1.74. The van der Waals surface area contributed by atoms with Crippen molar-refractivity contribution < 1.29 is 0 Å². The fourth-order valence-electron chi connectivity index (χ4n) is 1.12. The average molecular weight is 316 g/mol. The summed E-state index contributed by atoms with van der Waals surface area (Å²) in [4.78, 5) is 5.56. The van der Waals surface area contributed by atoms with E-state index in [1.807, 2.05) is 14.7 Å². The van der Waals surface area contributed by atoms with Gasteiger partial charge in [0, 0.05) is 0 Å². The molecule has 1 aliphatic rings. The van der Waals surface area contributed by atoms with Gasteiger partial charge >= 0.3 is 0 Å². The van der Waals surface area contributed by atoms with Crippen LogP contribution in [-0.2, 0) is 0 Å². The van der Waals surface area contributed by atoms with Crippen LogP contribution in [0, 0.1) is 0 Å². The molecule has 3 nitrogen and oxygen atoms in total. The Labute approximate surface area is 121 Å². The van der Waals surface area contributed by atoms with E-state index < -0.39 is 0 Å². The van der Waals surface area contributed by atoms with Gasteiger partial charge in [-0.2, -0.15) is 0 Å². The minimum atomic E-state index is 0.499. The maximum absolute atomic E-state index is 4.99. The summed E-state index contributed by atoms with van der Waals surface area (Å²) in [7, 11) is 0. The van der Waals surface area contributed by atoms with Crippen LogP contribution in [0.1, 0.15) is 0 Å². The smallest absolute Gasteiger partial charge is 0.136 e. The van der Waals surface area contributed by atoms with Gasteiger partial charge in [-0.3, -0.25) is 0 Å². The molecule has 0 radical (unpaired) electrons. The maximum atomic E-state index is 4.99. The van der Waals surface area contributed by atoms with E-state index in [4.69, 9.17) is 36.7 Å². The summed E-state index contributed by atoms with van der Waals surface area (Å²) >= 11 is 27.4. The van der Waals surface area contributed by atoms with Gasteiger partial charge < -0.3 is 14.7 Å². The molecule has 1 rings (SSSR count). The molecule has 0 unspecified atom stereocenters. The van der Waals surface area contributed by atoms with Crippen molar-refractivity contribution in [3.63, 3.8) is 0 Å². The second-order valence-electron chi connectivity index (χ2n) is 2.89. The van der Waals surface area contributed by atoms with Crippen molar-refractivity contribution >= 4 is 87.5 Å². The molecule has 0 aromatic carbocycles. The fourth-order valence-corrected chi connectivity index (χ4v) is 1.84. The van der Waals surface area contributed by atoms with Crippen molar-refractivity contribution in [2.24, 2.45) is 0 Å². The molecule has 15 heavy (non-hydrogen) atoms. The van der Waals surface area contributed by atoms with Crippen LogP contribution in [0.4, 0.5) is 0 Å². The Hall–Kier alpha value is 0.720.